The van der Waals surface area contributed by atoms with Crippen LogP contribution in [0.2, 0.25) is 0 Å². The fourth-order valence-corrected chi connectivity index (χ4v) is 2.58. The maximum absolute atomic E-state index is 6.00. The minimum Gasteiger partial charge on any atom is -0.456 e. The molecule has 0 aliphatic carbocycles. The van der Waals surface area contributed by atoms with Gasteiger partial charge >= 0.3 is 0 Å². The standard InChI is InChI=1S/C18H22BrNO/c1-12(2)14-6-5-7-16(10-14)21-18-9-8-15(11-17(18)19)13(3)20-4/h5-13,20H,1-4H3. The predicted molar refractivity (Wildman–Crippen MR) is 92.2 cm³/mol. The van der Waals surface area contributed by atoms with Crippen molar-refractivity contribution in [3.63, 3.8) is 0 Å². The van der Waals surface area contributed by atoms with Gasteiger partial charge in [0.2, 0.25) is 0 Å². The Hall–Kier alpha value is -1.32. The first-order valence-electron chi connectivity index (χ1n) is 7.25. The smallest absolute Gasteiger partial charge is 0.141 e. The van der Waals surface area contributed by atoms with Gasteiger partial charge in [0.1, 0.15) is 11.5 Å². The van der Waals surface area contributed by atoms with E-state index >= 15 is 0 Å². The molecule has 0 heterocycles. The summed E-state index contributed by atoms with van der Waals surface area (Å²) < 4.78 is 6.97. The first-order valence-corrected chi connectivity index (χ1v) is 8.05. The van der Waals surface area contributed by atoms with Crippen LogP contribution in [0.5, 0.6) is 11.5 Å². The Morgan fingerprint density at radius 2 is 1.76 bits per heavy atom. The molecule has 3 heteroatoms. The van der Waals surface area contributed by atoms with E-state index in [4.69, 9.17) is 4.74 Å². The summed E-state index contributed by atoms with van der Waals surface area (Å²) in [5, 5.41) is 3.24. The van der Waals surface area contributed by atoms with E-state index in [0.717, 1.165) is 16.0 Å². The molecule has 0 aromatic heterocycles. The van der Waals surface area contributed by atoms with E-state index in [2.05, 4.69) is 66.3 Å². The van der Waals surface area contributed by atoms with Gasteiger partial charge in [0.25, 0.3) is 0 Å². The summed E-state index contributed by atoms with van der Waals surface area (Å²) >= 11 is 3.60. The monoisotopic (exact) mass is 347 g/mol. The summed E-state index contributed by atoms with van der Waals surface area (Å²) in [4.78, 5) is 0. The van der Waals surface area contributed by atoms with Gasteiger partial charge in [-0.05, 0) is 71.2 Å². The van der Waals surface area contributed by atoms with E-state index in [1.807, 2.05) is 25.2 Å². The molecule has 2 rings (SSSR count). The van der Waals surface area contributed by atoms with Crippen molar-refractivity contribution >= 4 is 15.9 Å². The zero-order valence-electron chi connectivity index (χ0n) is 13.0. The van der Waals surface area contributed by atoms with Gasteiger partial charge in [-0.15, -0.1) is 0 Å². The van der Waals surface area contributed by atoms with Crippen LogP contribution < -0.4 is 10.1 Å². The Bertz CT molecular complexity index is 610. The maximum atomic E-state index is 6.00. The highest BCUT2D eigenvalue weighted by atomic mass is 79.9. The van der Waals surface area contributed by atoms with Gasteiger partial charge in [-0.1, -0.05) is 32.0 Å². The molecular weight excluding hydrogens is 326 g/mol. The van der Waals surface area contributed by atoms with E-state index in [-0.39, 0.29) is 0 Å². The Morgan fingerprint density at radius 3 is 2.38 bits per heavy atom. The number of hydrogen-bond acceptors (Lipinski definition) is 2. The molecule has 1 N–H and O–H groups in total. The topological polar surface area (TPSA) is 21.3 Å². The number of hydrogen-bond donors (Lipinski definition) is 1. The molecule has 0 saturated heterocycles. The van der Waals surface area contributed by atoms with Gasteiger partial charge in [-0.3, -0.25) is 0 Å². The molecule has 2 aromatic rings. The lowest BCUT2D eigenvalue weighted by Gasteiger charge is -2.14. The summed E-state index contributed by atoms with van der Waals surface area (Å²) in [6, 6.07) is 14.8. The summed E-state index contributed by atoms with van der Waals surface area (Å²) in [7, 11) is 1.96. The molecule has 0 bridgehead atoms. The van der Waals surface area contributed by atoms with Crippen LogP contribution in [-0.2, 0) is 0 Å². The van der Waals surface area contributed by atoms with Crippen molar-refractivity contribution in [3.8, 4) is 11.5 Å². The van der Waals surface area contributed by atoms with E-state index in [0.29, 0.717) is 12.0 Å². The number of nitrogens with one attached hydrogen (secondary N) is 1. The molecule has 0 aliphatic heterocycles. The molecule has 0 aliphatic rings. The van der Waals surface area contributed by atoms with Crippen molar-refractivity contribution in [1.29, 1.82) is 0 Å². The molecule has 0 radical (unpaired) electrons. The second kappa shape index (κ2) is 7.10. The van der Waals surface area contributed by atoms with Gasteiger partial charge in [0, 0.05) is 6.04 Å². The van der Waals surface area contributed by atoms with E-state index in [1.165, 1.54) is 11.1 Å². The second-order valence-corrected chi connectivity index (χ2v) is 6.38. The molecule has 1 unspecified atom stereocenters. The highest BCUT2D eigenvalue weighted by molar-refractivity contribution is 9.10. The van der Waals surface area contributed by atoms with Crippen molar-refractivity contribution < 1.29 is 4.74 Å². The van der Waals surface area contributed by atoms with E-state index < -0.39 is 0 Å². The lowest BCUT2D eigenvalue weighted by molar-refractivity contribution is 0.478. The van der Waals surface area contributed by atoms with E-state index in [1.54, 1.807) is 0 Å². The maximum Gasteiger partial charge on any atom is 0.141 e. The quantitative estimate of drug-likeness (QED) is 0.754. The largest absolute Gasteiger partial charge is 0.456 e. The van der Waals surface area contributed by atoms with Crippen molar-refractivity contribution in [2.75, 3.05) is 7.05 Å². The van der Waals surface area contributed by atoms with Crippen LogP contribution in [0.4, 0.5) is 0 Å². The molecule has 2 nitrogen and oxygen atoms in total. The third-order valence-electron chi connectivity index (χ3n) is 3.64. The number of benzene rings is 2. The first kappa shape index (κ1) is 16.1. The SMILES string of the molecule is CNC(C)c1ccc(Oc2cccc(C(C)C)c2)c(Br)c1. The molecule has 112 valence electrons. The molecule has 21 heavy (non-hydrogen) atoms. The highest BCUT2D eigenvalue weighted by Crippen LogP contribution is 2.32. The van der Waals surface area contributed by atoms with Crippen molar-refractivity contribution in [2.24, 2.45) is 0 Å². The summed E-state index contributed by atoms with van der Waals surface area (Å²) in [6.45, 7) is 6.50. The fraction of sp³-hybridized carbons (Fsp3) is 0.333. The van der Waals surface area contributed by atoms with Crippen LogP contribution >= 0.6 is 15.9 Å². The van der Waals surface area contributed by atoms with E-state index in [9.17, 15) is 0 Å². The summed E-state index contributed by atoms with van der Waals surface area (Å²) in [6.07, 6.45) is 0. The predicted octanol–water partition coefficient (Wildman–Crippen LogP) is 5.65. The molecule has 0 spiro atoms. The number of halogens is 1. The Balaban J connectivity index is 2.22. The average Bonchev–Trinajstić information content (AvgIpc) is 2.48. The normalized spacial score (nSPS) is 12.5. The summed E-state index contributed by atoms with van der Waals surface area (Å²) in [5.41, 5.74) is 2.51. The van der Waals surface area contributed by atoms with Crippen molar-refractivity contribution in [1.82, 2.24) is 5.32 Å². The van der Waals surface area contributed by atoms with Gasteiger partial charge in [0.05, 0.1) is 4.47 Å². The summed E-state index contributed by atoms with van der Waals surface area (Å²) in [5.74, 6) is 2.20. The minimum absolute atomic E-state index is 0.319. The lowest BCUT2D eigenvalue weighted by Crippen LogP contribution is -2.12. The Labute approximate surface area is 135 Å². The van der Waals surface area contributed by atoms with Gasteiger partial charge in [0.15, 0.2) is 0 Å². The van der Waals surface area contributed by atoms with Crippen LogP contribution in [-0.4, -0.2) is 7.05 Å². The third-order valence-corrected chi connectivity index (χ3v) is 4.26. The van der Waals surface area contributed by atoms with Crippen LogP contribution in [0.15, 0.2) is 46.9 Å². The zero-order valence-corrected chi connectivity index (χ0v) is 14.6. The average molecular weight is 348 g/mol. The van der Waals surface area contributed by atoms with Gasteiger partial charge in [-0.25, -0.2) is 0 Å². The van der Waals surface area contributed by atoms with Crippen molar-refractivity contribution in [3.05, 3.63) is 58.1 Å². The lowest BCUT2D eigenvalue weighted by atomic mass is 10.0. The minimum atomic E-state index is 0.319. The van der Waals surface area contributed by atoms with Crippen LogP contribution in [0.1, 0.15) is 43.9 Å². The van der Waals surface area contributed by atoms with Crippen molar-refractivity contribution in [2.45, 2.75) is 32.7 Å². The molecular formula is C18H22BrNO. The number of ether oxygens (including phenoxy) is 1. The van der Waals surface area contributed by atoms with Gasteiger partial charge < -0.3 is 10.1 Å². The van der Waals surface area contributed by atoms with Crippen LogP contribution in [0, 0.1) is 0 Å². The molecule has 2 aromatic carbocycles. The molecule has 1 atom stereocenters. The second-order valence-electron chi connectivity index (χ2n) is 5.53. The van der Waals surface area contributed by atoms with Crippen LogP contribution in [0.25, 0.3) is 0 Å². The first-order chi connectivity index (χ1) is 10.0. The fourth-order valence-electron chi connectivity index (χ4n) is 2.10. The third kappa shape index (κ3) is 4.08. The number of rotatable bonds is 5. The Morgan fingerprint density at radius 1 is 1.00 bits per heavy atom. The Kier molecular flexibility index (Phi) is 5.43. The van der Waals surface area contributed by atoms with Gasteiger partial charge in [-0.2, -0.15) is 0 Å². The molecule has 0 saturated carbocycles. The highest BCUT2D eigenvalue weighted by Gasteiger charge is 2.08. The zero-order chi connectivity index (χ0) is 15.4. The van der Waals surface area contributed by atoms with Crippen LogP contribution in [0.3, 0.4) is 0 Å². The molecule has 0 amide bonds. The molecule has 0 fully saturated rings.